The van der Waals surface area contributed by atoms with Gasteiger partial charge in [0.25, 0.3) is 0 Å². The van der Waals surface area contributed by atoms with Crippen LogP contribution in [-0.4, -0.2) is 36.6 Å². The molecule has 2 saturated heterocycles. The Bertz CT molecular complexity index is 450. The van der Waals surface area contributed by atoms with Crippen molar-refractivity contribution in [3.05, 3.63) is 35.9 Å². The molecule has 3 aliphatic rings. The predicted octanol–water partition coefficient (Wildman–Crippen LogP) is 3.40. The van der Waals surface area contributed by atoms with E-state index in [0.29, 0.717) is 0 Å². The molecule has 114 valence electrons. The molecule has 2 heterocycles. The highest BCUT2D eigenvalue weighted by Gasteiger charge is 2.35. The molecule has 1 N–H and O–H groups in total. The quantitative estimate of drug-likeness (QED) is 0.915. The Morgan fingerprint density at radius 1 is 0.857 bits per heavy atom. The van der Waals surface area contributed by atoms with Crippen LogP contribution in [0.25, 0.3) is 0 Å². The number of benzene rings is 1. The van der Waals surface area contributed by atoms with E-state index in [4.69, 9.17) is 0 Å². The summed E-state index contributed by atoms with van der Waals surface area (Å²) < 4.78 is 0. The van der Waals surface area contributed by atoms with Crippen molar-refractivity contribution >= 4 is 0 Å². The fraction of sp³-hybridized carbons (Fsp3) is 0.684. The van der Waals surface area contributed by atoms with Gasteiger partial charge in [-0.15, -0.1) is 0 Å². The van der Waals surface area contributed by atoms with E-state index in [1.165, 1.54) is 58.2 Å². The Labute approximate surface area is 128 Å². The summed E-state index contributed by atoms with van der Waals surface area (Å²) in [5.74, 6) is 1.74. The van der Waals surface area contributed by atoms with Crippen molar-refractivity contribution in [2.75, 3.05) is 19.6 Å². The maximum Gasteiger partial charge on any atom is 0.0123 e. The van der Waals surface area contributed by atoms with Crippen molar-refractivity contribution in [2.45, 2.75) is 56.5 Å². The van der Waals surface area contributed by atoms with E-state index in [1.807, 2.05) is 0 Å². The largest absolute Gasteiger partial charge is 0.311 e. The van der Waals surface area contributed by atoms with Gasteiger partial charge in [-0.3, -0.25) is 0 Å². The first-order chi connectivity index (χ1) is 10.4. The SMILES string of the molecule is c1ccc(C2CCC(NC3CCN4CCC3C4)CC2)cc1. The van der Waals surface area contributed by atoms with E-state index in [2.05, 4.69) is 40.5 Å². The zero-order valence-corrected chi connectivity index (χ0v) is 13.0. The summed E-state index contributed by atoms with van der Waals surface area (Å²) in [7, 11) is 0. The van der Waals surface area contributed by atoms with Crippen molar-refractivity contribution in [2.24, 2.45) is 5.92 Å². The average molecular weight is 284 g/mol. The second-order valence-corrected chi connectivity index (χ2v) is 7.37. The molecule has 1 aromatic rings. The lowest BCUT2D eigenvalue weighted by Gasteiger charge is -2.37. The second kappa shape index (κ2) is 6.10. The smallest absolute Gasteiger partial charge is 0.0123 e. The summed E-state index contributed by atoms with van der Waals surface area (Å²) in [6.45, 7) is 4.04. The minimum Gasteiger partial charge on any atom is -0.311 e. The van der Waals surface area contributed by atoms with Crippen LogP contribution in [-0.2, 0) is 0 Å². The van der Waals surface area contributed by atoms with Crippen LogP contribution in [0.4, 0.5) is 0 Å². The Morgan fingerprint density at radius 2 is 1.62 bits per heavy atom. The maximum absolute atomic E-state index is 4.03. The lowest BCUT2D eigenvalue weighted by atomic mass is 9.81. The van der Waals surface area contributed by atoms with E-state index in [1.54, 1.807) is 5.56 Å². The number of rotatable bonds is 3. The third kappa shape index (κ3) is 3.02. The molecule has 2 nitrogen and oxygen atoms in total. The van der Waals surface area contributed by atoms with E-state index in [9.17, 15) is 0 Å². The highest BCUT2D eigenvalue weighted by atomic mass is 15.2. The molecule has 1 aromatic carbocycles. The molecule has 3 fully saturated rings. The summed E-state index contributed by atoms with van der Waals surface area (Å²) in [6, 6.07) is 12.7. The van der Waals surface area contributed by atoms with Crippen LogP contribution in [0, 0.1) is 5.92 Å². The molecule has 21 heavy (non-hydrogen) atoms. The lowest BCUT2D eigenvalue weighted by molar-refractivity contribution is 0.195. The van der Waals surface area contributed by atoms with E-state index < -0.39 is 0 Å². The summed E-state index contributed by atoms with van der Waals surface area (Å²) >= 11 is 0. The van der Waals surface area contributed by atoms with Crippen molar-refractivity contribution < 1.29 is 0 Å². The topological polar surface area (TPSA) is 15.3 Å². The number of fused-ring (bicyclic) bond motifs is 2. The molecule has 4 rings (SSSR count). The van der Waals surface area contributed by atoms with Gasteiger partial charge in [-0.1, -0.05) is 30.3 Å². The molecule has 0 spiro atoms. The van der Waals surface area contributed by atoms with Gasteiger partial charge in [-0.25, -0.2) is 0 Å². The molecule has 0 radical (unpaired) electrons. The van der Waals surface area contributed by atoms with Crippen molar-refractivity contribution in [3.63, 3.8) is 0 Å². The minimum atomic E-state index is 0.780. The third-order valence-corrected chi connectivity index (χ3v) is 6.08. The van der Waals surface area contributed by atoms with Gasteiger partial charge in [0.05, 0.1) is 0 Å². The minimum absolute atomic E-state index is 0.780. The third-order valence-electron chi connectivity index (χ3n) is 6.08. The van der Waals surface area contributed by atoms with Gasteiger partial charge in [0.1, 0.15) is 0 Å². The van der Waals surface area contributed by atoms with Gasteiger partial charge >= 0.3 is 0 Å². The van der Waals surface area contributed by atoms with E-state index in [-0.39, 0.29) is 0 Å². The zero-order valence-electron chi connectivity index (χ0n) is 13.0. The van der Waals surface area contributed by atoms with Gasteiger partial charge in [0, 0.05) is 18.6 Å². The van der Waals surface area contributed by atoms with E-state index in [0.717, 1.165) is 23.9 Å². The Hall–Kier alpha value is -0.860. The fourth-order valence-corrected chi connectivity index (χ4v) is 4.79. The van der Waals surface area contributed by atoms with Crippen LogP contribution in [0.2, 0.25) is 0 Å². The second-order valence-electron chi connectivity index (χ2n) is 7.37. The Balaban J connectivity index is 1.29. The van der Waals surface area contributed by atoms with Crippen LogP contribution in [0.5, 0.6) is 0 Å². The molecule has 0 aromatic heterocycles. The summed E-state index contributed by atoms with van der Waals surface area (Å²) in [5.41, 5.74) is 1.56. The number of piperidine rings is 1. The fourth-order valence-electron chi connectivity index (χ4n) is 4.79. The molecule has 2 heteroatoms. The maximum atomic E-state index is 4.03. The van der Waals surface area contributed by atoms with Crippen LogP contribution in [0.15, 0.2) is 30.3 Å². The van der Waals surface area contributed by atoms with Gasteiger partial charge in [0.15, 0.2) is 0 Å². The molecule has 3 unspecified atom stereocenters. The van der Waals surface area contributed by atoms with Crippen molar-refractivity contribution in [3.8, 4) is 0 Å². The van der Waals surface area contributed by atoms with Crippen molar-refractivity contribution in [1.82, 2.24) is 10.2 Å². The highest BCUT2D eigenvalue weighted by Crippen LogP contribution is 2.34. The van der Waals surface area contributed by atoms with E-state index >= 15 is 0 Å². The first kappa shape index (κ1) is 13.8. The molecular formula is C19H28N2. The van der Waals surface area contributed by atoms with Crippen LogP contribution in [0.3, 0.4) is 0 Å². The first-order valence-corrected chi connectivity index (χ1v) is 8.92. The summed E-state index contributed by atoms with van der Waals surface area (Å²) in [6.07, 6.45) is 8.27. The standard InChI is InChI=1S/C19H28N2/c1-2-4-15(5-3-1)16-6-8-18(9-7-16)20-19-11-13-21-12-10-17(19)14-21/h1-5,16-20H,6-14H2. The number of hydrogen-bond acceptors (Lipinski definition) is 2. The summed E-state index contributed by atoms with van der Waals surface area (Å²) in [4.78, 5) is 2.65. The monoisotopic (exact) mass is 284 g/mol. The molecular weight excluding hydrogens is 256 g/mol. The predicted molar refractivity (Wildman–Crippen MR) is 87.5 cm³/mol. The van der Waals surface area contributed by atoms with Crippen LogP contribution >= 0.6 is 0 Å². The molecule has 2 bridgehead atoms. The number of hydrogen-bond donors (Lipinski definition) is 1. The molecule has 1 saturated carbocycles. The Morgan fingerprint density at radius 3 is 2.43 bits per heavy atom. The van der Waals surface area contributed by atoms with Crippen LogP contribution < -0.4 is 5.32 Å². The Kier molecular flexibility index (Phi) is 4.00. The van der Waals surface area contributed by atoms with Gasteiger partial charge < -0.3 is 10.2 Å². The lowest BCUT2D eigenvalue weighted by Crippen LogP contribution is -2.48. The zero-order chi connectivity index (χ0) is 14.1. The molecule has 0 amide bonds. The first-order valence-electron chi connectivity index (χ1n) is 8.92. The molecule has 2 aliphatic heterocycles. The van der Waals surface area contributed by atoms with Gasteiger partial charge in [-0.2, -0.15) is 0 Å². The average Bonchev–Trinajstić information content (AvgIpc) is 2.94. The van der Waals surface area contributed by atoms with Gasteiger partial charge in [0.2, 0.25) is 0 Å². The normalized spacial score (nSPS) is 39.3. The summed E-state index contributed by atoms with van der Waals surface area (Å²) in [5, 5.41) is 4.03. The number of nitrogens with one attached hydrogen (secondary N) is 1. The van der Waals surface area contributed by atoms with Crippen molar-refractivity contribution in [1.29, 1.82) is 0 Å². The number of nitrogens with zero attached hydrogens (tertiary/aromatic N) is 1. The highest BCUT2D eigenvalue weighted by molar-refractivity contribution is 5.20. The van der Waals surface area contributed by atoms with Gasteiger partial charge in [-0.05, 0) is 69.0 Å². The van der Waals surface area contributed by atoms with Crippen LogP contribution in [0.1, 0.15) is 50.0 Å². The molecule has 1 aliphatic carbocycles. The molecule has 3 atom stereocenters.